The molecule has 1 aromatic heterocycles. The number of hydrogen-bond acceptors (Lipinski definition) is 6. The maximum Gasteiger partial charge on any atom is 0.255 e. The number of pyridine rings is 1. The van der Waals surface area contributed by atoms with Crippen LogP contribution in [0.25, 0.3) is 11.1 Å². The van der Waals surface area contributed by atoms with Crippen molar-refractivity contribution in [2.45, 2.75) is 26.6 Å². The lowest BCUT2D eigenvalue weighted by Crippen LogP contribution is -2.36. The molecule has 2 aromatic carbocycles. The van der Waals surface area contributed by atoms with Gasteiger partial charge < -0.3 is 24.4 Å². The fraction of sp³-hybridized carbons (Fsp3) is 0.308. The largest absolute Gasteiger partial charge is 0.449 e. The first-order valence-corrected chi connectivity index (χ1v) is 11.2. The molecule has 2 aliphatic rings. The Labute approximate surface area is 197 Å². The lowest BCUT2D eigenvalue weighted by molar-refractivity contribution is -0.0431. The number of halogens is 1. The summed E-state index contributed by atoms with van der Waals surface area (Å²) in [6, 6.07) is 14.0. The fourth-order valence-electron chi connectivity index (χ4n) is 4.17. The molecule has 0 aliphatic carbocycles. The van der Waals surface area contributed by atoms with Gasteiger partial charge >= 0.3 is 0 Å². The summed E-state index contributed by atoms with van der Waals surface area (Å²) < 4.78 is 31.3. The summed E-state index contributed by atoms with van der Waals surface area (Å²) in [4.78, 5) is 19.0. The lowest BCUT2D eigenvalue weighted by Gasteiger charge is -2.28. The average molecular weight is 464 g/mol. The van der Waals surface area contributed by atoms with E-state index in [1.807, 2.05) is 49.9 Å². The predicted molar refractivity (Wildman–Crippen MR) is 127 cm³/mol. The van der Waals surface area contributed by atoms with E-state index in [0.717, 1.165) is 11.1 Å². The number of aromatic nitrogens is 1. The van der Waals surface area contributed by atoms with Crippen molar-refractivity contribution in [3.8, 4) is 22.6 Å². The van der Waals surface area contributed by atoms with Gasteiger partial charge in [0.25, 0.3) is 5.91 Å². The highest BCUT2D eigenvalue weighted by Crippen LogP contribution is 2.39. The van der Waals surface area contributed by atoms with Gasteiger partial charge in [-0.3, -0.25) is 4.79 Å². The van der Waals surface area contributed by atoms with E-state index < -0.39 is 11.7 Å². The first-order chi connectivity index (χ1) is 16.3. The standard InChI is InChI=1S/C26H26FN3O4/c1-16-4-6-19(28-25(31)17-5-7-21-22(12-17)34-26(2,3)33-21)15-20(16)18-13-23(27)29-24(14-18)30-8-10-32-11-9-30/h4-7,12-15H,8-11H2,1-3H3,(H,28,31). The number of carbonyl (C=O) groups is 1. The van der Waals surface area contributed by atoms with Gasteiger partial charge in [-0.15, -0.1) is 0 Å². The molecule has 0 saturated carbocycles. The summed E-state index contributed by atoms with van der Waals surface area (Å²) in [5, 5.41) is 2.93. The summed E-state index contributed by atoms with van der Waals surface area (Å²) in [5.74, 6) is 0.135. The fourth-order valence-corrected chi connectivity index (χ4v) is 4.17. The third-order valence-electron chi connectivity index (χ3n) is 5.84. The van der Waals surface area contributed by atoms with E-state index in [2.05, 4.69) is 10.3 Å². The lowest BCUT2D eigenvalue weighted by atomic mass is 10.00. The number of hydrogen-bond donors (Lipinski definition) is 1. The maximum absolute atomic E-state index is 14.4. The molecule has 0 bridgehead atoms. The van der Waals surface area contributed by atoms with Crippen LogP contribution in [0.1, 0.15) is 29.8 Å². The number of amides is 1. The van der Waals surface area contributed by atoms with Gasteiger partial charge in [0, 0.05) is 44.3 Å². The molecule has 8 heteroatoms. The van der Waals surface area contributed by atoms with Gasteiger partial charge in [-0.25, -0.2) is 4.98 Å². The second kappa shape index (κ2) is 8.61. The number of ether oxygens (including phenoxy) is 3. The molecule has 1 N–H and O–H groups in total. The van der Waals surface area contributed by atoms with Crippen molar-refractivity contribution in [1.29, 1.82) is 0 Å². The second-order valence-electron chi connectivity index (χ2n) is 8.89. The molecule has 0 unspecified atom stereocenters. The van der Waals surface area contributed by atoms with Crippen molar-refractivity contribution in [2.75, 3.05) is 36.5 Å². The Hall–Kier alpha value is -3.65. The zero-order chi connectivity index (χ0) is 23.9. The number of aryl methyl sites for hydroxylation is 1. The van der Waals surface area contributed by atoms with Crippen molar-refractivity contribution >= 4 is 17.4 Å². The Morgan fingerprint density at radius 2 is 1.79 bits per heavy atom. The minimum atomic E-state index is -0.761. The van der Waals surface area contributed by atoms with E-state index in [9.17, 15) is 9.18 Å². The minimum Gasteiger partial charge on any atom is -0.449 e. The molecule has 0 spiro atoms. The van der Waals surface area contributed by atoms with Gasteiger partial charge in [0.15, 0.2) is 11.5 Å². The molecule has 0 atom stereocenters. The molecular weight excluding hydrogens is 437 g/mol. The van der Waals surface area contributed by atoms with Crippen LogP contribution in [0.2, 0.25) is 0 Å². The second-order valence-corrected chi connectivity index (χ2v) is 8.89. The van der Waals surface area contributed by atoms with Crippen LogP contribution in [-0.2, 0) is 4.74 Å². The molecule has 1 saturated heterocycles. The van der Waals surface area contributed by atoms with Crippen LogP contribution >= 0.6 is 0 Å². The zero-order valence-corrected chi connectivity index (χ0v) is 19.4. The Morgan fingerprint density at radius 3 is 2.59 bits per heavy atom. The molecule has 1 amide bonds. The number of benzene rings is 2. The molecule has 3 heterocycles. The monoisotopic (exact) mass is 463 g/mol. The smallest absolute Gasteiger partial charge is 0.255 e. The average Bonchev–Trinajstić information content (AvgIpc) is 3.13. The van der Waals surface area contributed by atoms with Crippen LogP contribution in [0.3, 0.4) is 0 Å². The molecule has 176 valence electrons. The molecule has 0 radical (unpaired) electrons. The molecule has 7 nitrogen and oxygen atoms in total. The topological polar surface area (TPSA) is 72.9 Å². The van der Waals surface area contributed by atoms with E-state index in [4.69, 9.17) is 14.2 Å². The number of anilines is 2. The van der Waals surface area contributed by atoms with Crippen molar-refractivity contribution in [3.63, 3.8) is 0 Å². The molecule has 1 fully saturated rings. The normalized spacial score (nSPS) is 16.4. The third kappa shape index (κ3) is 4.54. The van der Waals surface area contributed by atoms with E-state index in [0.29, 0.717) is 60.4 Å². The Kier molecular flexibility index (Phi) is 5.61. The van der Waals surface area contributed by atoms with Crippen LogP contribution in [0.5, 0.6) is 11.5 Å². The number of fused-ring (bicyclic) bond motifs is 1. The van der Waals surface area contributed by atoms with E-state index in [-0.39, 0.29) is 5.91 Å². The molecular formula is C26H26FN3O4. The Bertz CT molecular complexity index is 1250. The van der Waals surface area contributed by atoms with Gasteiger partial charge in [-0.05, 0) is 60.0 Å². The molecule has 3 aromatic rings. The Balaban J connectivity index is 1.40. The highest BCUT2D eigenvalue weighted by molar-refractivity contribution is 6.05. The summed E-state index contributed by atoms with van der Waals surface area (Å²) >= 11 is 0. The van der Waals surface area contributed by atoms with E-state index in [1.165, 1.54) is 6.07 Å². The molecule has 34 heavy (non-hydrogen) atoms. The van der Waals surface area contributed by atoms with Gasteiger partial charge in [-0.1, -0.05) is 6.07 Å². The first kappa shape index (κ1) is 22.2. The minimum absolute atomic E-state index is 0.277. The van der Waals surface area contributed by atoms with Crippen LogP contribution < -0.4 is 19.7 Å². The number of carbonyl (C=O) groups excluding carboxylic acids is 1. The van der Waals surface area contributed by atoms with Crippen molar-refractivity contribution in [2.24, 2.45) is 0 Å². The molecule has 5 rings (SSSR count). The van der Waals surface area contributed by atoms with Crippen LogP contribution in [-0.4, -0.2) is 43.0 Å². The van der Waals surface area contributed by atoms with Crippen LogP contribution in [0.15, 0.2) is 48.5 Å². The number of nitrogens with one attached hydrogen (secondary N) is 1. The van der Waals surface area contributed by atoms with Crippen molar-refractivity contribution < 1.29 is 23.4 Å². The van der Waals surface area contributed by atoms with E-state index >= 15 is 0 Å². The van der Waals surface area contributed by atoms with Gasteiger partial charge in [-0.2, -0.15) is 4.39 Å². The maximum atomic E-state index is 14.4. The predicted octanol–water partition coefficient (Wildman–Crippen LogP) is 4.79. The summed E-state index contributed by atoms with van der Waals surface area (Å²) in [6.45, 7) is 8.08. The summed E-state index contributed by atoms with van der Waals surface area (Å²) in [7, 11) is 0. The number of morpholine rings is 1. The quantitative estimate of drug-likeness (QED) is 0.561. The Morgan fingerprint density at radius 1 is 1.03 bits per heavy atom. The van der Waals surface area contributed by atoms with Crippen LogP contribution in [0, 0.1) is 12.9 Å². The summed E-state index contributed by atoms with van der Waals surface area (Å²) in [5.41, 5.74) is 3.54. The van der Waals surface area contributed by atoms with Gasteiger partial charge in [0.2, 0.25) is 11.7 Å². The zero-order valence-electron chi connectivity index (χ0n) is 19.4. The van der Waals surface area contributed by atoms with E-state index in [1.54, 1.807) is 18.2 Å². The van der Waals surface area contributed by atoms with Crippen LogP contribution in [0.4, 0.5) is 15.9 Å². The van der Waals surface area contributed by atoms with Crippen molar-refractivity contribution in [1.82, 2.24) is 4.98 Å². The van der Waals surface area contributed by atoms with Gasteiger partial charge in [0.1, 0.15) is 5.82 Å². The third-order valence-corrected chi connectivity index (χ3v) is 5.84. The first-order valence-electron chi connectivity index (χ1n) is 11.2. The number of rotatable bonds is 4. The highest BCUT2D eigenvalue weighted by atomic mass is 19.1. The number of nitrogens with zero attached hydrogens (tertiary/aromatic N) is 2. The molecule has 2 aliphatic heterocycles. The highest BCUT2D eigenvalue weighted by Gasteiger charge is 2.32. The summed E-state index contributed by atoms with van der Waals surface area (Å²) in [6.07, 6.45) is 0. The SMILES string of the molecule is Cc1ccc(NC(=O)c2ccc3c(c2)OC(C)(C)O3)cc1-c1cc(F)nc(N2CCOCC2)c1. The van der Waals surface area contributed by atoms with Gasteiger partial charge in [0.05, 0.1) is 13.2 Å². The van der Waals surface area contributed by atoms with Crippen molar-refractivity contribution in [3.05, 3.63) is 65.6 Å².